The van der Waals surface area contributed by atoms with Crippen molar-refractivity contribution in [3.63, 3.8) is 0 Å². The molecule has 1 aromatic carbocycles. The van der Waals surface area contributed by atoms with Gasteiger partial charge in [-0.15, -0.1) is 0 Å². The van der Waals surface area contributed by atoms with Gasteiger partial charge >= 0.3 is 0 Å². The number of benzene rings is 1. The fraction of sp³-hybridized carbons (Fsp3) is 0.471. The largest absolute Gasteiger partial charge is 0.454 e. The first kappa shape index (κ1) is 17.1. The molecule has 3 rings (SSSR count). The third-order valence-electron chi connectivity index (χ3n) is 3.65. The van der Waals surface area contributed by atoms with Crippen molar-refractivity contribution in [2.75, 3.05) is 26.4 Å². The summed E-state index contributed by atoms with van der Waals surface area (Å²) in [4.78, 5) is 8.70. The van der Waals surface area contributed by atoms with Crippen molar-refractivity contribution < 1.29 is 14.0 Å². The Kier molecular flexibility index (Phi) is 5.71. The minimum atomic E-state index is 0.299. The molecule has 2 aromatic rings. The Bertz CT molecular complexity index is 729. The van der Waals surface area contributed by atoms with Gasteiger partial charge in [0.25, 0.3) is 0 Å². The van der Waals surface area contributed by atoms with E-state index in [1.54, 1.807) is 6.92 Å². The van der Waals surface area contributed by atoms with Crippen LogP contribution in [0.5, 0.6) is 11.5 Å². The molecular formula is C17H23N5O3. The van der Waals surface area contributed by atoms with Crippen LogP contribution in [0.1, 0.15) is 24.2 Å². The van der Waals surface area contributed by atoms with Gasteiger partial charge in [0.2, 0.25) is 12.7 Å². The maximum Gasteiger partial charge on any atom is 0.231 e. The van der Waals surface area contributed by atoms with Crippen LogP contribution in [0.3, 0.4) is 0 Å². The minimum Gasteiger partial charge on any atom is -0.454 e. The summed E-state index contributed by atoms with van der Waals surface area (Å²) in [6.45, 7) is 6.30. The molecule has 0 saturated heterocycles. The Hall–Kier alpha value is -2.77. The van der Waals surface area contributed by atoms with E-state index in [9.17, 15) is 0 Å². The summed E-state index contributed by atoms with van der Waals surface area (Å²) in [5.41, 5.74) is 1.19. The molecule has 8 heteroatoms. The standard InChI is InChI=1S/C17H23N5O3/c1-3-18-17(20-9-7-16-21-12(2)22-25-16)19-8-6-13-4-5-14-15(10-13)24-11-23-14/h4-5,10H,3,6-9,11H2,1-2H3,(H2,18,19,20). The van der Waals surface area contributed by atoms with Crippen LogP contribution in [0.25, 0.3) is 0 Å². The van der Waals surface area contributed by atoms with Crippen LogP contribution in [0.4, 0.5) is 0 Å². The lowest BCUT2D eigenvalue weighted by atomic mass is 10.1. The number of aryl methyl sites for hydroxylation is 1. The minimum absolute atomic E-state index is 0.299. The van der Waals surface area contributed by atoms with Gasteiger partial charge in [-0.25, -0.2) is 0 Å². The van der Waals surface area contributed by atoms with Crippen molar-refractivity contribution >= 4 is 5.96 Å². The van der Waals surface area contributed by atoms with Crippen molar-refractivity contribution in [1.29, 1.82) is 0 Å². The Morgan fingerprint density at radius 1 is 1.20 bits per heavy atom. The molecule has 0 fully saturated rings. The van der Waals surface area contributed by atoms with Gasteiger partial charge in [0, 0.05) is 19.5 Å². The summed E-state index contributed by atoms with van der Waals surface area (Å²) in [5, 5.41) is 10.3. The SMILES string of the molecule is CCNC(=NCCc1nc(C)no1)NCCc1ccc2c(c1)OCO2. The molecule has 2 N–H and O–H groups in total. The second-order valence-corrected chi connectivity index (χ2v) is 5.61. The number of fused-ring (bicyclic) bond motifs is 1. The highest BCUT2D eigenvalue weighted by molar-refractivity contribution is 5.79. The molecule has 0 unspecified atom stereocenters. The lowest BCUT2D eigenvalue weighted by molar-refractivity contribution is 0.174. The van der Waals surface area contributed by atoms with Crippen molar-refractivity contribution in [2.24, 2.45) is 4.99 Å². The van der Waals surface area contributed by atoms with Crippen LogP contribution in [0.15, 0.2) is 27.7 Å². The zero-order valence-corrected chi connectivity index (χ0v) is 14.5. The Morgan fingerprint density at radius 2 is 2.08 bits per heavy atom. The molecule has 0 aliphatic carbocycles. The zero-order chi connectivity index (χ0) is 17.5. The van der Waals surface area contributed by atoms with Crippen LogP contribution >= 0.6 is 0 Å². The fourth-order valence-corrected chi connectivity index (χ4v) is 2.47. The van der Waals surface area contributed by atoms with E-state index in [0.717, 1.165) is 37.0 Å². The van der Waals surface area contributed by atoms with Crippen LogP contribution in [0.2, 0.25) is 0 Å². The molecular weight excluding hydrogens is 322 g/mol. The maximum atomic E-state index is 5.40. The summed E-state index contributed by atoms with van der Waals surface area (Å²) < 4.78 is 15.8. The Labute approximate surface area is 146 Å². The number of nitrogens with zero attached hydrogens (tertiary/aromatic N) is 3. The van der Waals surface area contributed by atoms with E-state index in [2.05, 4.69) is 31.8 Å². The monoisotopic (exact) mass is 345 g/mol. The van der Waals surface area contributed by atoms with Gasteiger partial charge in [0.15, 0.2) is 23.3 Å². The predicted octanol–water partition coefficient (Wildman–Crippen LogP) is 1.45. The predicted molar refractivity (Wildman–Crippen MR) is 93.0 cm³/mol. The van der Waals surface area contributed by atoms with Gasteiger partial charge in [0.05, 0.1) is 6.54 Å². The molecule has 2 heterocycles. The number of nitrogens with one attached hydrogen (secondary N) is 2. The lowest BCUT2D eigenvalue weighted by Crippen LogP contribution is -2.38. The molecule has 134 valence electrons. The van der Waals surface area contributed by atoms with Gasteiger partial charge in [-0.3, -0.25) is 4.99 Å². The van der Waals surface area contributed by atoms with Crippen molar-refractivity contribution in [3.05, 3.63) is 35.5 Å². The molecule has 1 aliphatic rings. The van der Waals surface area contributed by atoms with Crippen LogP contribution in [-0.2, 0) is 12.8 Å². The average Bonchev–Trinajstić information content (AvgIpc) is 3.23. The number of ether oxygens (including phenoxy) is 2. The topological polar surface area (TPSA) is 93.8 Å². The number of aromatic nitrogens is 2. The van der Waals surface area contributed by atoms with E-state index < -0.39 is 0 Å². The highest BCUT2D eigenvalue weighted by atomic mass is 16.7. The molecule has 8 nitrogen and oxygen atoms in total. The molecule has 0 amide bonds. The molecule has 0 spiro atoms. The van der Waals surface area contributed by atoms with Gasteiger partial charge in [-0.1, -0.05) is 11.2 Å². The number of rotatable bonds is 7. The van der Waals surface area contributed by atoms with Crippen molar-refractivity contribution in [2.45, 2.75) is 26.7 Å². The van der Waals surface area contributed by atoms with E-state index in [1.807, 2.05) is 19.1 Å². The molecule has 1 aromatic heterocycles. The van der Waals surface area contributed by atoms with Crippen LogP contribution in [0, 0.1) is 6.92 Å². The van der Waals surface area contributed by atoms with Gasteiger partial charge in [0.1, 0.15) is 0 Å². The first-order valence-electron chi connectivity index (χ1n) is 8.44. The third-order valence-corrected chi connectivity index (χ3v) is 3.65. The second-order valence-electron chi connectivity index (χ2n) is 5.61. The first-order valence-corrected chi connectivity index (χ1v) is 8.44. The first-order chi connectivity index (χ1) is 12.2. The third kappa shape index (κ3) is 4.85. The highest BCUT2D eigenvalue weighted by Gasteiger charge is 2.12. The van der Waals surface area contributed by atoms with Crippen LogP contribution < -0.4 is 20.1 Å². The quantitative estimate of drug-likeness (QED) is 0.579. The molecule has 0 radical (unpaired) electrons. The van der Waals surface area contributed by atoms with Crippen LogP contribution in [-0.4, -0.2) is 42.5 Å². The smallest absolute Gasteiger partial charge is 0.231 e. The number of hydrogen-bond donors (Lipinski definition) is 2. The van der Waals surface area contributed by atoms with E-state index in [-0.39, 0.29) is 0 Å². The van der Waals surface area contributed by atoms with Crippen molar-refractivity contribution in [3.8, 4) is 11.5 Å². The van der Waals surface area contributed by atoms with Gasteiger partial charge in [-0.2, -0.15) is 4.98 Å². The second kappa shape index (κ2) is 8.36. The Balaban J connectivity index is 1.47. The normalized spacial score (nSPS) is 13.1. The van der Waals surface area contributed by atoms with E-state index >= 15 is 0 Å². The number of guanidine groups is 1. The average molecular weight is 345 g/mol. The van der Waals surface area contributed by atoms with E-state index in [1.165, 1.54) is 5.56 Å². The molecule has 0 bridgehead atoms. The summed E-state index contributed by atoms with van der Waals surface area (Å²) in [5.74, 6) is 3.65. The molecule has 0 atom stereocenters. The molecule has 0 saturated carbocycles. The summed E-state index contributed by atoms with van der Waals surface area (Å²) in [7, 11) is 0. The molecule has 25 heavy (non-hydrogen) atoms. The van der Waals surface area contributed by atoms with Gasteiger partial charge < -0.3 is 24.6 Å². The van der Waals surface area contributed by atoms with Gasteiger partial charge in [-0.05, 0) is 38.0 Å². The summed E-state index contributed by atoms with van der Waals surface area (Å²) in [6.07, 6.45) is 1.49. The number of aliphatic imine (C=N–C) groups is 1. The van der Waals surface area contributed by atoms with E-state index in [4.69, 9.17) is 14.0 Å². The molecule has 1 aliphatic heterocycles. The van der Waals surface area contributed by atoms with E-state index in [0.29, 0.717) is 31.5 Å². The Morgan fingerprint density at radius 3 is 2.88 bits per heavy atom. The summed E-state index contributed by atoms with van der Waals surface area (Å²) in [6, 6.07) is 6.02. The number of hydrogen-bond acceptors (Lipinski definition) is 6. The maximum absolute atomic E-state index is 5.40. The lowest BCUT2D eigenvalue weighted by Gasteiger charge is -2.11. The highest BCUT2D eigenvalue weighted by Crippen LogP contribution is 2.32. The van der Waals surface area contributed by atoms with Crippen molar-refractivity contribution in [1.82, 2.24) is 20.8 Å². The zero-order valence-electron chi connectivity index (χ0n) is 14.5. The fourth-order valence-electron chi connectivity index (χ4n) is 2.47. The summed E-state index contributed by atoms with van der Waals surface area (Å²) >= 11 is 0.